The minimum Gasteiger partial charge on any atom is -0.351 e. The van der Waals surface area contributed by atoms with Gasteiger partial charge in [-0.1, -0.05) is 18.1 Å². The van der Waals surface area contributed by atoms with Gasteiger partial charge in [0.2, 0.25) is 5.76 Å². The van der Waals surface area contributed by atoms with Crippen LogP contribution in [0, 0.1) is 12.8 Å². The maximum absolute atomic E-state index is 12.8. The van der Waals surface area contributed by atoms with Gasteiger partial charge in [0.25, 0.3) is 5.91 Å². The molecule has 0 unspecified atom stereocenters. The van der Waals surface area contributed by atoms with Gasteiger partial charge < -0.3 is 13.8 Å². The Bertz CT molecular complexity index is 1060. The van der Waals surface area contributed by atoms with E-state index in [2.05, 4.69) is 34.5 Å². The number of rotatable bonds is 4. The Morgan fingerprint density at radius 2 is 2.03 bits per heavy atom. The van der Waals surface area contributed by atoms with Crippen LogP contribution in [0.1, 0.15) is 66.2 Å². The maximum atomic E-state index is 12.8. The summed E-state index contributed by atoms with van der Waals surface area (Å²) in [7, 11) is 0. The summed E-state index contributed by atoms with van der Waals surface area (Å²) in [6, 6.07) is 8.00. The van der Waals surface area contributed by atoms with Crippen LogP contribution in [0.5, 0.6) is 0 Å². The smallest absolute Gasteiger partial charge is 0.292 e. The average molecular weight is 422 g/mol. The van der Waals surface area contributed by atoms with Crippen molar-refractivity contribution in [1.29, 1.82) is 0 Å². The standard InChI is InChI=1S/C24H31N5O2/c1-17-8-12-28(13-9-17)24(30)22-14-20(26-31-22)19-6-5-10-27(15-19)16-21-18(2)25-23-7-3-4-11-29(21)23/h3-4,7,11,14,17,19H,5-6,8-10,12-13,15-16H2,1-2H3/t19-/m1/s1. The minimum absolute atomic E-state index is 0.0142. The molecule has 0 bridgehead atoms. The van der Waals surface area contributed by atoms with E-state index in [9.17, 15) is 4.79 Å². The fourth-order valence-electron chi connectivity index (χ4n) is 4.96. The van der Waals surface area contributed by atoms with Crippen molar-refractivity contribution in [1.82, 2.24) is 24.3 Å². The lowest BCUT2D eigenvalue weighted by Crippen LogP contribution is -2.37. The van der Waals surface area contributed by atoms with Crippen LogP contribution in [0.2, 0.25) is 0 Å². The average Bonchev–Trinajstić information content (AvgIpc) is 3.40. The molecule has 0 radical (unpaired) electrons. The highest BCUT2D eigenvalue weighted by atomic mass is 16.5. The lowest BCUT2D eigenvalue weighted by atomic mass is 9.94. The van der Waals surface area contributed by atoms with Gasteiger partial charge in [-0.25, -0.2) is 4.98 Å². The molecule has 2 aliphatic heterocycles. The third kappa shape index (κ3) is 4.11. The molecule has 5 rings (SSSR count). The molecule has 1 amide bonds. The van der Waals surface area contributed by atoms with Gasteiger partial charge in [0.1, 0.15) is 5.65 Å². The van der Waals surface area contributed by atoms with Gasteiger partial charge in [0.05, 0.1) is 17.1 Å². The number of nitrogens with zero attached hydrogens (tertiary/aromatic N) is 5. The first-order valence-corrected chi connectivity index (χ1v) is 11.5. The first-order chi connectivity index (χ1) is 15.1. The Kier molecular flexibility index (Phi) is 5.52. The van der Waals surface area contributed by atoms with Crippen molar-refractivity contribution in [2.24, 2.45) is 5.92 Å². The number of pyridine rings is 1. The van der Waals surface area contributed by atoms with Gasteiger partial charge in [0.15, 0.2) is 0 Å². The summed E-state index contributed by atoms with van der Waals surface area (Å²) in [5.41, 5.74) is 4.23. The fourth-order valence-corrected chi connectivity index (χ4v) is 4.96. The highest BCUT2D eigenvalue weighted by Crippen LogP contribution is 2.29. The molecule has 3 aromatic heterocycles. The quantitative estimate of drug-likeness (QED) is 0.640. The van der Waals surface area contributed by atoms with Crippen LogP contribution in [0.3, 0.4) is 0 Å². The second kappa shape index (κ2) is 8.46. The topological polar surface area (TPSA) is 66.9 Å². The Morgan fingerprint density at radius 1 is 1.19 bits per heavy atom. The maximum Gasteiger partial charge on any atom is 0.292 e. The van der Waals surface area contributed by atoms with Gasteiger partial charge in [-0.2, -0.15) is 0 Å². The molecule has 2 saturated heterocycles. The number of hydrogen-bond donors (Lipinski definition) is 0. The summed E-state index contributed by atoms with van der Waals surface area (Å²) in [5, 5.41) is 4.30. The van der Waals surface area contributed by atoms with Crippen molar-refractivity contribution in [3.05, 3.63) is 53.3 Å². The van der Waals surface area contributed by atoms with Gasteiger partial charge in [-0.05, 0) is 57.2 Å². The molecule has 164 valence electrons. The summed E-state index contributed by atoms with van der Waals surface area (Å²) in [6.45, 7) is 8.80. The van der Waals surface area contributed by atoms with Crippen LogP contribution in [-0.2, 0) is 6.54 Å². The number of likely N-dealkylation sites (tertiary alicyclic amines) is 2. The molecular formula is C24H31N5O2. The fraction of sp³-hybridized carbons (Fsp3) is 0.542. The number of imidazole rings is 1. The lowest BCUT2D eigenvalue weighted by Gasteiger charge is -2.31. The summed E-state index contributed by atoms with van der Waals surface area (Å²) in [4.78, 5) is 21.9. The molecule has 31 heavy (non-hydrogen) atoms. The third-order valence-corrected chi connectivity index (χ3v) is 6.94. The Hall–Kier alpha value is -2.67. The highest BCUT2D eigenvalue weighted by molar-refractivity contribution is 5.91. The number of hydrogen-bond acceptors (Lipinski definition) is 5. The van der Waals surface area contributed by atoms with Crippen LogP contribution in [0.25, 0.3) is 5.65 Å². The van der Waals surface area contributed by atoms with Crippen LogP contribution in [-0.4, -0.2) is 56.4 Å². The van der Waals surface area contributed by atoms with Crippen molar-refractivity contribution < 1.29 is 9.32 Å². The van der Waals surface area contributed by atoms with Crippen molar-refractivity contribution in [2.45, 2.75) is 52.0 Å². The predicted octanol–water partition coefficient (Wildman–Crippen LogP) is 3.88. The van der Waals surface area contributed by atoms with E-state index in [-0.39, 0.29) is 5.91 Å². The van der Waals surface area contributed by atoms with Gasteiger partial charge >= 0.3 is 0 Å². The third-order valence-electron chi connectivity index (χ3n) is 6.94. The molecule has 7 nitrogen and oxygen atoms in total. The van der Waals surface area contributed by atoms with E-state index in [0.29, 0.717) is 17.6 Å². The number of carbonyl (C=O) groups is 1. The van der Waals surface area contributed by atoms with Crippen LogP contribution >= 0.6 is 0 Å². The molecule has 1 atom stereocenters. The van der Waals surface area contributed by atoms with Crippen LogP contribution in [0.15, 0.2) is 35.0 Å². The van der Waals surface area contributed by atoms with Crippen LogP contribution in [0.4, 0.5) is 0 Å². The molecule has 0 saturated carbocycles. The summed E-state index contributed by atoms with van der Waals surface area (Å²) >= 11 is 0. The van der Waals surface area contributed by atoms with Crippen molar-refractivity contribution in [3.8, 4) is 0 Å². The van der Waals surface area contributed by atoms with E-state index in [1.54, 1.807) is 0 Å². The van der Waals surface area contributed by atoms with E-state index < -0.39 is 0 Å². The number of aryl methyl sites for hydroxylation is 1. The Labute approximate surface area is 183 Å². The number of aromatic nitrogens is 3. The first kappa shape index (κ1) is 20.2. The highest BCUT2D eigenvalue weighted by Gasteiger charge is 2.29. The molecular weight excluding hydrogens is 390 g/mol. The normalized spacial score (nSPS) is 21.1. The molecule has 0 aliphatic carbocycles. The number of amides is 1. The second-order valence-corrected chi connectivity index (χ2v) is 9.24. The first-order valence-electron chi connectivity index (χ1n) is 11.5. The SMILES string of the molecule is Cc1nc2ccccn2c1CN1CCC[C@@H](c2cc(C(=O)N3CCC(C)CC3)on2)C1. The summed E-state index contributed by atoms with van der Waals surface area (Å²) < 4.78 is 7.69. The zero-order chi connectivity index (χ0) is 21.4. The predicted molar refractivity (Wildman–Crippen MR) is 118 cm³/mol. The number of fused-ring (bicyclic) bond motifs is 1. The van der Waals surface area contributed by atoms with E-state index in [4.69, 9.17) is 9.51 Å². The molecule has 0 N–H and O–H groups in total. The van der Waals surface area contributed by atoms with E-state index in [1.807, 2.05) is 29.2 Å². The Balaban J connectivity index is 1.26. The molecule has 2 aliphatic rings. The van der Waals surface area contributed by atoms with Crippen LogP contribution < -0.4 is 0 Å². The van der Waals surface area contributed by atoms with Crippen molar-refractivity contribution in [3.63, 3.8) is 0 Å². The Morgan fingerprint density at radius 3 is 2.87 bits per heavy atom. The molecule has 7 heteroatoms. The zero-order valence-electron chi connectivity index (χ0n) is 18.5. The lowest BCUT2D eigenvalue weighted by molar-refractivity contribution is 0.0655. The minimum atomic E-state index is -0.0142. The molecule has 0 spiro atoms. The zero-order valence-corrected chi connectivity index (χ0v) is 18.5. The van der Waals surface area contributed by atoms with E-state index in [1.165, 1.54) is 5.69 Å². The molecule has 0 aromatic carbocycles. The van der Waals surface area contributed by atoms with E-state index >= 15 is 0 Å². The summed E-state index contributed by atoms with van der Waals surface area (Å²) in [5.74, 6) is 1.36. The molecule has 2 fully saturated rings. The van der Waals surface area contributed by atoms with Gasteiger partial charge in [-0.15, -0.1) is 0 Å². The van der Waals surface area contributed by atoms with Gasteiger partial charge in [-0.3, -0.25) is 9.69 Å². The number of carbonyl (C=O) groups excluding carboxylic acids is 1. The van der Waals surface area contributed by atoms with Gasteiger partial charge in [0, 0.05) is 44.4 Å². The van der Waals surface area contributed by atoms with Crippen molar-refractivity contribution in [2.75, 3.05) is 26.2 Å². The second-order valence-electron chi connectivity index (χ2n) is 9.24. The van der Waals surface area contributed by atoms with E-state index in [0.717, 1.165) is 75.4 Å². The number of piperidine rings is 2. The molecule has 5 heterocycles. The summed E-state index contributed by atoms with van der Waals surface area (Å²) in [6.07, 6.45) is 6.40. The van der Waals surface area contributed by atoms with Crippen molar-refractivity contribution >= 4 is 11.6 Å². The monoisotopic (exact) mass is 421 g/mol. The largest absolute Gasteiger partial charge is 0.351 e. The molecule has 3 aromatic rings.